The first-order chi connectivity index (χ1) is 32.0. The van der Waals surface area contributed by atoms with Gasteiger partial charge in [0.15, 0.2) is 21.2 Å². The number of fused-ring (bicyclic) bond motifs is 2. The third-order valence-electron chi connectivity index (χ3n) is 12.8. The molecular weight excluding hydrogens is 912 g/mol. The first kappa shape index (κ1) is 48.9. The predicted octanol–water partition coefficient (Wildman–Crippen LogP) is 13.0. The van der Waals surface area contributed by atoms with E-state index < -0.39 is 17.0 Å². The van der Waals surface area contributed by atoms with Gasteiger partial charge < -0.3 is 14.6 Å². The Hall–Kier alpha value is -5.02. The molecule has 1 N–H and O–H groups in total. The molecule has 3 aliphatic rings. The lowest BCUT2D eigenvalue weighted by Crippen LogP contribution is -2.41. The molecule has 344 valence electrons. The summed E-state index contributed by atoms with van der Waals surface area (Å²) in [6, 6.07) is 28.4. The van der Waals surface area contributed by atoms with Crippen LogP contribution in [0, 0.1) is 25.0 Å². The second-order valence-electron chi connectivity index (χ2n) is 18.2. The van der Waals surface area contributed by atoms with Gasteiger partial charge in [-0.05, 0) is 168 Å². The fourth-order valence-electron chi connectivity index (χ4n) is 8.03. The van der Waals surface area contributed by atoms with E-state index in [0.29, 0.717) is 23.3 Å². The molecule has 2 atom stereocenters. The van der Waals surface area contributed by atoms with Crippen molar-refractivity contribution in [3.8, 4) is 11.1 Å². The van der Waals surface area contributed by atoms with Crippen molar-refractivity contribution in [2.24, 2.45) is 11.8 Å². The van der Waals surface area contributed by atoms with Crippen molar-refractivity contribution in [1.29, 1.82) is 0 Å². The van der Waals surface area contributed by atoms with Gasteiger partial charge in [-0.25, -0.2) is 18.1 Å². The summed E-state index contributed by atoms with van der Waals surface area (Å²) in [6.07, 6.45) is 13.5. The van der Waals surface area contributed by atoms with Crippen LogP contribution in [0.2, 0.25) is 0 Å². The van der Waals surface area contributed by atoms with Crippen LogP contribution in [0.3, 0.4) is 0 Å². The lowest BCUT2D eigenvalue weighted by atomic mass is 9.78. The summed E-state index contributed by atoms with van der Waals surface area (Å²) in [5.74, 6) is 1.69. The van der Waals surface area contributed by atoms with Crippen LogP contribution in [0.5, 0.6) is 0 Å². The smallest absolute Gasteiger partial charge is 0.399 e. The maximum Gasteiger partial charge on any atom is 0.494 e. The molecule has 0 radical (unpaired) electrons. The Morgan fingerprint density at radius 2 is 1.32 bits per heavy atom. The molecule has 6 aromatic rings. The first-order valence-electron chi connectivity index (χ1n) is 23.3. The van der Waals surface area contributed by atoms with Gasteiger partial charge in [-0.15, -0.1) is 0 Å². The Labute approximate surface area is 401 Å². The third-order valence-corrected chi connectivity index (χ3v) is 15.0. The number of hydrogen-bond donors (Lipinski definition) is 1. The molecule has 2 aliphatic carbocycles. The van der Waals surface area contributed by atoms with Crippen LogP contribution in [-0.2, 0) is 19.1 Å². The molecule has 9 nitrogen and oxygen atoms in total. The second-order valence-corrected chi connectivity index (χ2v) is 21.5. The molecule has 0 amide bonds. The molecule has 3 fully saturated rings. The van der Waals surface area contributed by atoms with Crippen LogP contribution in [0.15, 0.2) is 114 Å². The number of nitrogens with zero attached hydrogens (tertiary/aromatic N) is 4. The fraction of sp³-hybridized carbons (Fsp3) is 0.396. The van der Waals surface area contributed by atoms with Crippen LogP contribution in [-0.4, -0.2) is 61.9 Å². The van der Waals surface area contributed by atoms with E-state index in [4.69, 9.17) is 23.8 Å². The van der Waals surface area contributed by atoms with Gasteiger partial charge in [0.05, 0.1) is 38.6 Å². The van der Waals surface area contributed by atoms with E-state index in [1.165, 1.54) is 24.8 Å². The second kappa shape index (κ2) is 22.2. The van der Waals surface area contributed by atoms with Crippen molar-refractivity contribution >= 4 is 71.3 Å². The number of sulfone groups is 1. The molecule has 9 rings (SSSR count). The quantitative estimate of drug-likeness (QED) is 0.0963. The Morgan fingerprint density at radius 1 is 0.773 bits per heavy atom. The Morgan fingerprint density at radius 3 is 1.88 bits per heavy atom. The summed E-state index contributed by atoms with van der Waals surface area (Å²) in [6.45, 7) is 27.4. The zero-order valence-electron chi connectivity index (χ0n) is 39.7. The van der Waals surface area contributed by atoms with Crippen molar-refractivity contribution < 1.29 is 23.5 Å². The van der Waals surface area contributed by atoms with Crippen molar-refractivity contribution in [2.75, 3.05) is 25.2 Å². The van der Waals surface area contributed by atoms with Gasteiger partial charge in [-0.3, -0.25) is 14.4 Å². The van der Waals surface area contributed by atoms with Crippen LogP contribution >= 0.6 is 15.9 Å². The molecule has 4 aromatic carbocycles. The molecule has 3 heterocycles. The number of nitrogens with one attached hydrogen (secondary N) is 1. The number of aromatic nitrogens is 2. The average molecular weight is 974 g/mol. The summed E-state index contributed by atoms with van der Waals surface area (Å²) in [4.78, 5) is 15.6. The maximum absolute atomic E-state index is 12.2. The number of halogens is 2. The Kier molecular flexibility index (Phi) is 16.4. The molecular formula is C53H60BBrFN5O4S. The van der Waals surface area contributed by atoms with Gasteiger partial charge in [-0.2, -0.15) is 0 Å². The predicted molar refractivity (Wildman–Crippen MR) is 272 cm³/mol. The number of benzene rings is 4. The van der Waals surface area contributed by atoms with Gasteiger partial charge in [-0.1, -0.05) is 68.4 Å². The molecule has 1 saturated heterocycles. The molecule has 2 saturated carbocycles. The zero-order chi connectivity index (χ0) is 48.4. The number of hydrogen-bond acceptors (Lipinski definition) is 7. The Bertz CT molecular complexity index is 2830. The van der Waals surface area contributed by atoms with Crippen LogP contribution < -0.4 is 10.8 Å². The lowest BCUT2D eigenvalue weighted by Gasteiger charge is -2.32. The molecule has 1 aliphatic heterocycles. The van der Waals surface area contributed by atoms with E-state index in [9.17, 15) is 12.8 Å². The highest BCUT2D eigenvalue weighted by molar-refractivity contribution is 9.10. The monoisotopic (exact) mass is 972 g/mol. The van der Waals surface area contributed by atoms with E-state index in [1.807, 2.05) is 85.5 Å². The minimum absolute atomic E-state index is 0.0269. The van der Waals surface area contributed by atoms with Gasteiger partial charge in [0.1, 0.15) is 0 Å². The van der Waals surface area contributed by atoms with Gasteiger partial charge >= 0.3 is 7.12 Å². The fourth-order valence-corrected chi connectivity index (χ4v) is 9.66. The van der Waals surface area contributed by atoms with Gasteiger partial charge in [0.25, 0.3) is 0 Å². The van der Waals surface area contributed by atoms with Crippen molar-refractivity contribution in [3.05, 3.63) is 148 Å². The average Bonchev–Trinajstić information content (AvgIpc) is 4.27. The SMILES string of the molecule is CCCNC(c1cncc(Br)c1)C1CC1.[2H]CF.[C-]#[N+]c1ccc2cc(-c3cncc(C(CS(=O)(=O)CC)C4CC4)c3)ccc2c1.[C-]#[N+]c1ccc2cc(B3OC(C)(C)C(C)(C)O3)ccc2c1. The van der Waals surface area contributed by atoms with Crippen LogP contribution in [0.4, 0.5) is 15.8 Å². The van der Waals surface area contributed by atoms with Crippen LogP contribution in [0.25, 0.3) is 42.4 Å². The Balaban J connectivity index is 0.000000168. The normalized spacial score (nSPS) is 17.1. The van der Waals surface area contributed by atoms with Crippen molar-refractivity contribution in [3.63, 3.8) is 0 Å². The van der Waals surface area contributed by atoms with E-state index in [2.05, 4.69) is 99.8 Å². The molecule has 2 aromatic heterocycles. The maximum atomic E-state index is 12.2. The zero-order valence-corrected chi connectivity index (χ0v) is 41.1. The van der Waals surface area contributed by atoms with Crippen molar-refractivity contribution in [1.82, 2.24) is 15.3 Å². The van der Waals surface area contributed by atoms with E-state index in [-0.39, 0.29) is 35.7 Å². The van der Waals surface area contributed by atoms with Crippen molar-refractivity contribution in [2.45, 2.75) is 96.8 Å². The highest BCUT2D eigenvalue weighted by Crippen LogP contribution is 2.44. The van der Waals surface area contributed by atoms with Gasteiger partial charge in [0.2, 0.25) is 0 Å². The number of rotatable bonds is 12. The van der Waals surface area contributed by atoms with Crippen LogP contribution in [0.1, 0.15) is 98.1 Å². The highest BCUT2D eigenvalue weighted by atomic mass is 79.9. The number of alkyl halides is 1. The molecule has 66 heavy (non-hydrogen) atoms. The number of pyridine rings is 2. The third kappa shape index (κ3) is 12.9. The van der Waals surface area contributed by atoms with E-state index >= 15 is 0 Å². The summed E-state index contributed by atoms with van der Waals surface area (Å²) >= 11 is 3.48. The summed E-state index contributed by atoms with van der Waals surface area (Å²) in [5.41, 5.74) is 6.01. The molecule has 0 bridgehead atoms. The molecule has 0 spiro atoms. The van der Waals surface area contributed by atoms with E-state index in [0.717, 1.165) is 73.5 Å². The first-order valence-corrected chi connectivity index (χ1v) is 25.2. The standard InChI is InChI=1S/C23H22N2O2S.C17H18BNO2.C12H17BrN2.CH3F/c1-3-28(26,27)15-23(16-4-5-16)21-11-20(13-25-14-21)18-6-7-19-12-22(24-2)9-8-17(19)10-18;1-16(2)17(3,4)21-18(20-16)14-8-6-13-11-15(19-5)9-7-12(13)10-14;1-2-5-15-12(9-3-4-9)10-6-11(13)8-14-7-10;1-2/h6-14,16,23H,3-5,15H2,1H3;6-11H,1-4H3;6-9,12,15H,2-5H2,1H3;1H3/i;;;1D. The summed E-state index contributed by atoms with van der Waals surface area (Å²) in [7, 11) is -4.38. The topological polar surface area (TPSA) is 99.1 Å². The van der Waals surface area contributed by atoms with Gasteiger partial charge in [0, 0.05) is 52.5 Å². The minimum Gasteiger partial charge on any atom is -0.399 e. The largest absolute Gasteiger partial charge is 0.494 e. The summed E-state index contributed by atoms with van der Waals surface area (Å²) < 4.78 is 53.2. The summed E-state index contributed by atoms with van der Waals surface area (Å²) in [5, 5.41) is 7.87. The lowest BCUT2D eigenvalue weighted by molar-refractivity contribution is 0.00578. The minimum atomic E-state index is -3.04. The molecule has 2 unspecified atom stereocenters. The molecule has 13 heteroatoms. The highest BCUT2D eigenvalue weighted by Gasteiger charge is 2.51. The van der Waals surface area contributed by atoms with E-state index in [1.54, 1.807) is 6.92 Å².